The minimum atomic E-state index is -0.700. The monoisotopic (exact) mass is 532 g/mol. The van der Waals surface area contributed by atoms with Gasteiger partial charge in [0.05, 0.1) is 16.8 Å². The Morgan fingerprint density at radius 1 is 1.00 bits per heavy atom. The van der Waals surface area contributed by atoms with Crippen LogP contribution in [0.1, 0.15) is 5.56 Å². The summed E-state index contributed by atoms with van der Waals surface area (Å²) in [6.45, 7) is -0.379. The number of thioether (sulfide) groups is 1. The average Bonchev–Trinajstić information content (AvgIpc) is 3.33. The predicted octanol–water partition coefficient (Wildman–Crippen LogP) is 3.55. The molecule has 0 aliphatic carbocycles. The fourth-order valence-electron chi connectivity index (χ4n) is 3.84. The van der Waals surface area contributed by atoms with E-state index in [1.807, 2.05) is 30.3 Å². The number of carbonyl (C=O) groups excluding carboxylic acids is 4. The van der Waals surface area contributed by atoms with Crippen molar-refractivity contribution in [2.75, 3.05) is 25.0 Å². The highest BCUT2D eigenvalue weighted by Gasteiger charge is 2.48. The lowest BCUT2D eigenvalue weighted by Crippen LogP contribution is -2.64. The minimum Gasteiger partial charge on any atom is -0.354 e. The Kier molecular flexibility index (Phi) is 8.00. The summed E-state index contributed by atoms with van der Waals surface area (Å²) in [6.07, 6.45) is 2.33. The van der Waals surface area contributed by atoms with Crippen LogP contribution in [0.25, 0.3) is 0 Å². The number of nitrogens with zero attached hydrogens (tertiary/aromatic N) is 2. The maximum absolute atomic E-state index is 13.2. The number of urea groups is 1. The van der Waals surface area contributed by atoms with Gasteiger partial charge in [-0.1, -0.05) is 59.6 Å². The molecule has 182 valence electrons. The number of fused-ring (bicyclic) bond motifs is 1. The van der Waals surface area contributed by atoms with E-state index in [2.05, 4.69) is 10.6 Å². The number of hydrogen-bond acceptors (Lipinski definition) is 5. The summed E-state index contributed by atoms with van der Waals surface area (Å²) in [5, 5.41) is 7.19. The molecule has 2 unspecified atom stereocenters. The molecule has 0 radical (unpaired) electrons. The van der Waals surface area contributed by atoms with Gasteiger partial charge in [0.1, 0.15) is 18.3 Å². The molecule has 1 fully saturated rings. The van der Waals surface area contributed by atoms with E-state index in [0.717, 1.165) is 10.5 Å². The molecule has 8 nitrogen and oxygen atoms in total. The van der Waals surface area contributed by atoms with Crippen molar-refractivity contribution in [1.82, 2.24) is 15.1 Å². The molecule has 0 aromatic heterocycles. The highest BCUT2D eigenvalue weighted by Crippen LogP contribution is 2.34. The van der Waals surface area contributed by atoms with E-state index in [-0.39, 0.29) is 6.54 Å². The largest absolute Gasteiger partial charge is 0.354 e. The number of halogens is 2. The highest BCUT2D eigenvalue weighted by molar-refractivity contribution is 8.03. The third-order valence-corrected chi connectivity index (χ3v) is 7.21. The van der Waals surface area contributed by atoms with Crippen molar-refractivity contribution >= 4 is 64.4 Å². The molecule has 2 aromatic carbocycles. The normalized spacial score (nSPS) is 19.0. The SMILES string of the molecule is O=C(CN1C(=O)C2SC=CC2N(CC(=O)Nc2cc(Cl)ccc2Cl)C1=O)NCCc1ccccc1. The lowest BCUT2D eigenvalue weighted by atomic mass is 10.1. The summed E-state index contributed by atoms with van der Waals surface area (Å²) in [6, 6.07) is 13.0. The Labute approximate surface area is 216 Å². The van der Waals surface area contributed by atoms with Crippen LogP contribution < -0.4 is 10.6 Å². The van der Waals surface area contributed by atoms with Gasteiger partial charge < -0.3 is 15.5 Å². The first-order valence-corrected chi connectivity index (χ1v) is 12.5. The van der Waals surface area contributed by atoms with Crippen molar-refractivity contribution in [2.24, 2.45) is 0 Å². The van der Waals surface area contributed by atoms with Gasteiger partial charge in [0, 0.05) is 11.6 Å². The van der Waals surface area contributed by atoms with Gasteiger partial charge in [0.15, 0.2) is 0 Å². The first-order chi connectivity index (χ1) is 16.8. The highest BCUT2D eigenvalue weighted by atomic mass is 35.5. The van der Waals surface area contributed by atoms with Crippen molar-refractivity contribution in [3.8, 4) is 0 Å². The maximum Gasteiger partial charge on any atom is 0.328 e. The van der Waals surface area contributed by atoms with Gasteiger partial charge >= 0.3 is 6.03 Å². The van der Waals surface area contributed by atoms with Crippen LogP contribution in [0.5, 0.6) is 0 Å². The lowest BCUT2D eigenvalue weighted by molar-refractivity contribution is -0.136. The van der Waals surface area contributed by atoms with Crippen LogP contribution in [-0.4, -0.2) is 64.5 Å². The number of benzene rings is 2. The van der Waals surface area contributed by atoms with Crippen molar-refractivity contribution < 1.29 is 19.2 Å². The van der Waals surface area contributed by atoms with Crippen LogP contribution in [0.15, 0.2) is 60.0 Å². The quantitative estimate of drug-likeness (QED) is 0.541. The summed E-state index contributed by atoms with van der Waals surface area (Å²) in [5.41, 5.74) is 1.37. The van der Waals surface area contributed by atoms with Gasteiger partial charge in [-0.05, 0) is 35.6 Å². The van der Waals surface area contributed by atoms with E-state index in [9.17, 15) is 19.2 Å². The molecule has 2 N–H and O–H groups in total. The van der Waals surface area contributed by atoms with E-state index in [1.165, 1.54) is 22.7 Å². The van der Waals surface area contributed by atoms with Gasteiger partial charge in [-0.25, -0.2) is 4.79 Å². The molecule has 2 aliphatic heterocycles. The van der Waals surface area contributed by atoms with Crippen LogP contribution in [0.4, 0.5) is 10.5 Å². The first-order valence-electron chi connectivity index (χ1n) is 10.8. The summed E-state index contributed by atoms with van der Waals surface area (Å²) in [4.78, 5) is 53.6. The molecule has 35 heavy (non-hydrogen) atoms. The van der Waals surface area contributed by atoms with E-state index in [4.69, 9.17) is 23.2 Å². The Morgan fingerprint density at radius 2 is 1.77 bits per heavy atom. The zero-order valence-corrected chi connectivity index (χ0v) is 20.8. The topological polar surface area (TPSA) is 98.8 Å². The zero-order chi connectivity index (χ0) is 24.9. The number of imide groups is 1. The summed E-state index contributed by atoms with van der Waals surface area (Å²) in [7, 11) is 0. The number of amides is 5. The molecule has 4 rings (SSSR count). The van der Waals surface area contributed by atoms with Gasteiger partial charge in [-0.2, -0.15) is 0 Å². The van der Waals surface area contributed by atoms with Crippen molar-refractivity contribution in [2.45, 2.75) is 17.7 Å². The average molecular weight is 533 g/mol. The third kappa shape index (κ3) is 5.98. The van der Waals surface area contributed by atoms with Crippen LogP contribution in [0, 0.1) is 0 Å². The van der Waals surface area contributed by atoms with Gasteiger partial charge in [-0.15, -0.1) is 11.8 Å². The Bertz CT molecular complexity index is 1180. The van der Waals surface area contributed by atoms with Crippen molar-refractivity contribution in [3.05, 3.63) is 75.6 Å². The van der Waals surface area contributed by atoms with Crippen LogP contribution >= 0.6 is 35.0 Å². The second-order valence-corrected chi connectivity index (χ2v) is 9.86. The van der Waals surface area contributed by atoms with Crippen LogP contribution in [-0.2, 0) is 20.8 Å². The van der Waals surface area contributed by atoms with Crippen molar-refractivity contribution in [3.63, 3.8) is 0 Å². The van der Waals surface area contributed by atoms with E-state index >= 15 is 0 Å². The number of carbonyl (C=O) groups is 4. The number of nitrogens with one attached hydrogen (secondary N) is 2. The Morgan fingerprint density at radius 3 is 2.54 bits per heavy atom. The number of rotatable bonds is 8. The van der Waals surface area contributed by atoms with Gasteiger partial charge in [-0.3, -0.25) is 19.3 Å². The molecule has 11 heteroatoms. The fourth-order valence-corrected chi connectivity index (χ4v) is 5.24. The second-order valence-electron chi connectivity index (χ2n) is 7.97. The Hall–Kier alpha value is -3.01. The summed E-state index contributed by atoms with van der Waals surface area (Å²) >= 11 is 13.3. The standard InChI is InChI=1S/C24H22Cl2N4O4S/c25-16-6-7-17(26)18(12-16)28-21(32)14-29-19-9-11-35-22(19)23(33)30(24(29)34)13-20(31)27-10-8-15-4-2-1-3-5-15/h1-7,9,11-12,19,22H,8,10,13-14H2,(H,27,31)(H,28,32). The molecule has 2 atom stereocenters. The smallest absolute Gasteiger partial charge is 0.328 e. The predicted molar refractivity (Wildman–Crippen MR) is 136 cm³/mol. The van der Waals surface area contributed by atoms with Crippen LogP contribution in [0.3, 0.4) is 0 Å². The molecule has 2 aromatic rings. The van der Waals surface area contributed by atoms with E-state index in [0.29, 0.717) is 28.7 Å². The molecule has 2 aliphatic rings. The summed E-state index contributed by atoms with van der Waals surface area (Å²) in [5.74, 6) is -1.41. The molecule has 0 saturated carbocycles. The van der Waals surface area contributed by atoms with Crippen molar-refractivity contribution in [1.29, 1.82) is 0 Å². The molecule has 0 spiro atoms. The van der Waals surface area contributed by atoms with Crippen LogP contribution in [0.2, 0.25) is 10.0 Å². The van der Waals surface area contributed by atoms with E-state index in [1.54, 1.807) is 23.6 Å². The Balaban J connectivity index is 1.40. The zero-order valence-electron chi connectivity index (χ0n) is 18.4. The molecule has 1 saturated heterocycles. The maximum atomic E-state index is 13.2. The molecule has 5 amide bonds. The minimum absolute atomic E-state index is 0.297. The van der Waals surface area contributed by atoms with Gasteiger partial charge in [0.2, 0.25) is 17.7 Å². The van der Waals surface area contributed by atoms with E-state index < -0.39 is 41.6 Å². The fraction of sp³-hybridized carbons (Fsp3) is 0.250. The first kappa shape index (κ1) is 25.1. The lowest BCUT2D eigenvalue weighted by Gasteiger charge is -2.40. The number of anilines is 1. The molecular weight excluding hydrogens is 511 g/mol. The second kappa shape index (κ2) is 11.2. The van der Waals surface area contributed by atoms with Gasteiger partial charge in [0.25, 0.3) is 0 Å². The number of hydrogen-bond donors (Lipinski definition) is 2. The molecular formula is C24H22Cl2N4O4S. The third-order valence-electron chi connectivity index (χ3n) is 5.55. The summed E-state index contributed by atoms with van der Waals surface area (Å²) < 4.78 is 0. The molecule has 2 heterocycles. The molecule has 0 bridgehead atoms.